The molecule has 2 aliphatic rings. The highest BCUT2D eigenvalue weighted by molar-refractivity contribution is 5.77. The normalized spacial score (nSPS) is 21.0. The molecule has 2 saturated heterocycles. The van der Waals surface area contributed by atoms with E-state index >= 15 is 0 Å². The van der Waals surface area contributed by atoms with Gasteiger partial charge in [-0.05, 0) is 44.4 Å². The molecule has 2 aliphatic heterocycles. The van der Waals surface area contributed by atoms with Crippen molar-refractivity contribution in [2.75, 3.05) is 18.5 Å². The zero-order chi connectivity index (χ0) is 29.2. The molecule has 0 bridgehead atoms. The summed E-state index contributed by atoms with van der Waals surface area (Å²) in [4.78, 5) is 15.9. The third-order valence-corrected chi connectivity index (χ3v) is 8.01. The molecular formula is C30H34F2N6O4. The van der Waals surface area contributed by atoms with Gasteiger partial charge < -0.3 is 29.6 Å². The third kappa shape index (κ3) is 6.36. The number of benzene rings is 2. The fraction of sp³-hybridized carbons (Fsp3) is 0.433. The van der Waals surface area contributed by atoms with E-state index in [2.05, 4.69) is 31.7 Å². The Morgan fingerprint density at radius 1 is 1.12 bits per heavy atom. The van der Waals surface area contributed by atoms with Crippen molar-refractivity contribution in [1.82, 2.24) is 24.4 Å². The van der Waals surface area contributed by atoms with Crippen molar-refractivity contribution >= 4 is 17.0 Å². The van der Waals surface area contributed by atoms with Crippen LogP contribution in [-0.4, -0.2) is 66.0 Å². The van der Waals surface area contributed by atoms with E-state index in [-0.39, 0.29) is 24.8 Å². The highest BCUT2D eigenvalue weighted by atomic mass is 19.1. The Balaban J connectivity index is 1.09. The fourth-order valence-corrected chi connectivity index (χ4v) is 5.51. The van der Waals surface area contributed by atoms with Gasteiger partial charge in [0.1, 0.15) is 23.6 Å². The van der Waals surface area contributed by atoms with Crippen LogP contribution in [0.1, 0.15) is 49.4 Å². The number of anilines is 1. The highest BCUT2D eigenvalue weighted by Crippen LogP contribution is 2.28. The van der Waals surface area contributed by atoms with Gasteiger partial charge in [-0.3, -0.25) is 4.90 Å². The molecule has 2 aromatic heterocycles. The zero-order valence-corrected chi connectivity index (χ0v) is 23.3. The molecular weight excluding hydrogens is 546 g/mol. The number of rotatable bonds is 10. The van der Waals surface area contributed by atoms with Crippen molar-refractivity contribution in [1.29, 1.82) is 0 Å². The first kappa shape index (κ1) is 28.4. The monoisotopic (exact) mass is 580 g/mol. The smallest absolute Gasteiger partial charge is 0.226 e. The molecule has 4 aromatic rings. The van der Waals surface area contributed by atoms with Gasteiger partial charge in [0.15, 0.2) is 6.29 Å². The van der Waals surface area contributed by atoms with Crippen molar-refractivity contribution in [2.45, 2.75) is 70.4 Å². The minimum absolute atomic E-state index is 0.0377. The number of aliphatic hydroxyl groups is 2. The van der Waals surface area contributed by atoms with Crippen LogP contribution in [0.4, 0.5) is 14.7 Å². The van der Waals surface area contributed by atoms with Crippen LogP contribution in [0.25, 0.3) is 11.0 Å². The van der Waals surface area contributed by atoms with Gasteiger partial charge in [-0.15, -0.1) is 0 Å². The van der Waals surface area contributed by atoms with Gasteiger partial charge in [0.05, 0.1) is 30.2 Å². The fourth-order valence-electron chi connectivity index (χ4n) is 5.51. The summed E-state index contributed by atoms with van der Waals surface area (Å²) in [5.41, 5.74) is 2.43. The maximum Gasteiger partial charge on any atom is 0.226 e. The predicted molar refractivity (Wildman–Crippen MR) is 151 cm³/mol. The summed E-state index contributed by atoms with van der Waals surface area (Å²) in [7, 11) is 0. The van der Waals surface area contributed by atoms with Crippen LogP contribution in [-0.2, 0) is 24.4 Å². The average Bonchev–Trinajstić information content (AvgIpc) is 3.28. The first-order valence-corrected chi connectivity index (χ1v) is 14.2. The Morgan fingerprint density at radius 3 is 2.71 bits per heavy atom. The number of likely N-dealkylation sites (tertiary alicyclic amines) is 1. The Hall–Kier alpha value is -3.71. The van der Waals surface area contributed by atoms with Crippen LogP contribution < -0.4 is 10.1 Å². The summed E-state index contributed by atoms with van der Waals surface area (Å²) in [6.45, 7) is 5.16. The zero-order valence-electron chi connectivity index (χ0n) is 23.3. The second-order valence-corrected chi connectivity index (χ2v) is 10.9. The van der Waals surface area contributed by atoms with Crippen LogP contribution in [0, 0.1) is 11.6 Å². The maximum atomic E-state index is 14.0. The molecule has 2 aromatic carbocycles. The number of imidazole rings is 1. The summed E-state index contributed by atoms with van der Waals surface area (Å²) in [5.74, 6) is 0.397. The molecule has 12 heteroatoms. The minimum atomic E-state index is -1.54. The van der Waals surface area contributed by atoms with Crippen molar-refractivity contribution in [3.8, 4) is 5.88 Å². The van der Waals surface area contributed by atoms with E-state index in [1.165, 1.54) is 12.1 Å². The van der Waals surface area contributed by atoms with E-state index < -0.39 is 17.9 Å². The van der Waals surface area contributed by atoms with E-state index in [9.17, 15) is 19.0 Å². The lowest BCUT2D eigenvalue weighted by Gasteiger charge is -2.37. The molecule has 6 rings (SSSR count). The quantitative estimate of drug-likeness (QED) is 0.240. The Labute approximate surface area is 241 Å². The lowest BCUT2D eigenvalue weighted by molar-refractivity contribution is -0.0593. The minimum Gasteiger partial charge on any atom is -0.474 e. The summed E-state index contributed by atoms with van der Waals surface area (Å²) >= 11 is 0. The number of nitrogens with one attached hydrogen (secondary N) is 1. The molecule has 0 saturated carbocycles. The first-order valence-electron chi connectivity index (χ1n) is 14.2. The highest BCUT2D eigenvalue weighted by Gasteiger charge is 2.29. The van der Waals surface area contributed by atoms with E-state index in [0.29, 0.717) is 36.0 Å². The Bertz CT molecular complexity index is 1550. The summed E-state index contributed by atoms with van der Waals surface area (Å²) in [6.07, 6.45) is 2.71. The van der Waals surface area contributed by atoms with Crippen molar-refractivity contribution in [2.24, 2.45) is 0 Å². The van der Waals surface area contributed by atoms with Crippen molar-refractivity contribution in [3.63, 3.8) is 0 Å². The van der Waals surface area contributed by atoms with E-state index in [0.717, 1.165) is 55.3 Å². The molecule has 0 radical (unpaired) electrons. The number of hydrogen-bond acceptors (Lipinski definition) is 9. The number of piperidine rings is 1. The van der Waals surface area contributed by atoms with Gasteiger partial charge in [0.25, 0.3) is 0 Å². The number of aliphatic hydroxyl groups excluding tert-OH is 1. The molecule has 2 fully saturated rings. The lowest BCUT2D eigenvalue weighted by Crippen LogP contribution is -2.44. The molecule has 10 nitrogen and oxygen atoms in total. The molecule has 3 N–H and O–H groups in total. The number of fused-ring (bicyclic) bond motifs is 1. The van der Waals surface area contributed by atoms with Gasteiger partial charge in [0.2, 0.25) is 11.8 Å². The van der Waals surface area contributed by atoms with Crippen LogP contribution in [0.5, 0.6) is 5.88 Å². The molecule has 0 amide bonds. The number of hydrogen-bond donors (Lipinski definition) is 3. The first-order chi connectivity index (χ1) is 20.3. The molecule has 0 aliphatic carbocycles. The second kappa shape index (κ2) is 12.3. The molecule has 42 heavy (non-hydrogen) atoms. The number of halogens is 2. The Kier molecular flexibility index (Phi) is 8.29. The van der Waals surface area contributed by atoms with E-state index in [4.69, 9.17) is 14.5 Å². The summed E-state index contributed by atoms with van der Waals surface area (Å²) < 4.78 is 41.2. The molecule has 3 atom stereocenters. The number of aromatic nitrogens is 4. The van der Waals surface area contributed by atoms with E-state index in [1.807, 2.05) is 6.07 Å². The summed E-state index contributed by atoms with van der Waals surface area (Å²) in [6, 6.07) is 10.7. The predicted octanol–water partition coefficient (Wildman–Crippen LogP) is 3.92. The van der Waals surface area contributed by atoms with Crippen molar-refractivity contribution < 1.29 is 28.5 Å². The third-order valence-electron chi connectivity index (χ3n) is 8.01. The standard InChI is InChI=1S/C30H34F2N6O4/c1-18-12-22(42-28-6-9-33-30(36-28)34-15-20-2-4-21(31)14-24(20)32)7-10-37(18)17-27-35-25-5-3-19(29(39)40)13-26(25)38(27)16-23-8-11-41-23/h2-6,9,13-14,18,22-23,29,39-40H,7-8,10-12,15-17H2,1H3,(H,33,34,36)/t18-,22-,23-/m0/s1. The number of ether oxygens (including phenoxy) is 2. The largest absolute Gasteiger partial charge is 0.474 e. The molecule has 0 spiro atoms. The van der Waals surface area contributed by atoms with Gasteiger partial charge in [-0.1, -0.05) is 12.1 Å². The van der Waals surface area contributed by atoms with Gasteiger partial charge in [0, 0.05) is 55.2 Å². The second-order valence-electron chi connectivity index (χ2n) is 10.9. The topological polar surface area (TPSA) is 118 Å². The van der Waals surface area contributed by atoms with Crippen LogP contribution in [0.15, 0.2) is 48.7 Å². The average molecular weight is 581 g/mol. The van der Waals surface area contributed by atoms with Gasteiger partial charge in [-0.25, -0.2) is 18.7 Å². The van der Waals surface area contributed by atoms with Crippen molar-refractivity contribution in [3.05, 3.63) is 77.2 Å². The summed E-state index contributed by atoms with van der Waals surface area (Å²) in [5, 5.41) is 22.4. The lowest BCUT2D eigenvalue weighted by atomic mass is 10.0. The number of nitrogens with zero attached hydrogens (tertiary/aromatic N) is 5. The molecule has 4 heterocycles. The maximum absolute atomic E-state index is 14.0. The SMILES string of the molecule is C[C@H]1C[C@@H](Oc2ccnc(NCc3ccc(F)cc3F)n2)CCN1Cc1nc2ccc(C(O)O)cc2n1C[C@@H]1CCO1. The molecule has 0 unspecified atom stereocenters. The van der Waals surface area contributed by atoms with Gasteiger partial charge in [-0.2, -0.15) is 4.98 Å². The van der Waals surface area contributed by atoms with Crippen LogP contribution in [0.3, 0.4) is 0 Å². The molecule has 222 valence electrons. The Morgan fingerprint density at radius 2 is 1.98 bits per heavy atom. The van der Waals surface area contributed by atoms with Gasteiger partial charge >= 0.3 is 0 Å². The van der Waals surface area contributed by atoms with Crippen LogP contribution in [0.2, 0.25) is 0 Å². The van der Waals surface area contributed by atoms with Crippen LogP contribution >= 0.6 is 0 Å². The van der Waals surface area contributed by atoms with E-state index in [1.54, 1.807) is 24.4 Å².